The number of anilines is 1. The van der Waals surface area contributed by atoms with Crippen LogP contribution < -0.4 is 11.1 Å². The normalized spacial score (nSPS) is 10.2. The standard InChI is InChI=1S/C9H7ClN4O/c10-8-12-6-4-2-1-3-5(6)7(13-8)14-9(11)15/h1-4H,(H3,11,12,13,14,15). The van der Waals surface area contributed by atoms with Gasteiger partial charge < -0.3 is 5.73 Å². The van der Waals surface area contributed by atoms with Crippen LogP contribution in [0.5, 0.6) is 0 Å². The lowest BCUT2D eigenvalue weighted by atomic mass is 10.2. The third-order valence-electron chi connectivity index (χ3n) is 1.82. The number of nitrogens with two attached hydrogens (primary N) is 1. The molecule has 6 heteroatoms. The van der Waals surface area contributed by atoms with Crippen LogP contribution in [0.25, 0.3) is 10.9 Å². The second-order valence-electron chi connectivity index (χ2n) is 2.85. The van der Waals surface area contributed by atoms with E-state index in [1.54, 1.807) is 12.1 Å². The predicted molar refractivity (Wildman–Crippen MR) is 57.8 cm³/mol. The van der Waals surface area contributed by atoms with E-state index in [4.69, 9.17) is 17.3 Å². The molecule has 0 fully saturated rings. The van der Waals surface area contributed by atoms with Crippen LogP contribution in [0, 0.1) is 0 Å². The Labute approximate surface area is 90.3 Å². The van der Waals surface area contributed by atoms with Gasteiger partial charge in [-0.25, -0.2) is 9.78 Å². The molecule has 15 heavy (non-hydrogen) atoms. The number of halogens is 1. The molecule has 0 saturated heterocycles. The number of nitrogens with one attached hydrogen (secondary N) is 1. The molecule has 0 unspecified atom stereocenters. The van der Waals surface area contributed by atoms with Gasteiger partial charge in [0.05, 0.1) is 5.52 Å². The molecule has 0 saturated carbocycles. The maximum absolute atomic E-state index is 10.7. The van der Waals surface area contributed by atoms with Gasteiger partial charge in [-0.05, 0) is 23.7 Å². The van der Waals surface area contributed by atoms with Crippen LogP contribution in [-0.4, -0.2) is 16.0 Å². The van der Waals surface area contributed by atoms with Gasteiger partial charge in [-0.2, -0.15) is 4.98 Å². The van der Waals surface area contributed by atoms with E-state index in [0.29, 0.717) is 16.7 Å². The number of carbonyl (C=O) groups is 1. The molecule has 0 atom stereocenters. The number of fused-ring (bicyclic) bond motifs is 1. The fourth-order valence-electron chi connectivity index (χ4n) is 1.26. The Hall–Kier alpha value is -1.88. The van der Waals surface area contributed by atoms with Gasteiger partial charge in [-0.3, -0.25) is 5.32 Å². The predicted octanol–water partition coefficient (Wildman–Crippen LogP) is 1.77. The number of para-hydroxylation sites is 1. The van der Waals surface area contributed by atoms with Crippen LogP contribution in [0.1, 0.15) is 0 Å². The van der Waals surface area contributed by atoms with Crippen molar-refractivity contribution in [3.05, 3.63) is 29.5 Å². The van der Waals surface area contributed by atoms with Gasteiger partial charge in [0.25, 0.3) is 0 Å². The molecule has 2 aromatic rings. The Morgan fingerprint density at radius 1 is 1.33 bits per heavy atom. The Morgan fingerprint density at radius 2 is 2.07 bits per heavy atom. The summed E-state index contributed by atoms with van der Waals surface area (Å²) in [5, 5.41) is 3.15. The van der Waals surface area contributed by atoms with E-state index < -0.39 is 6.03 Å². The summed E-state index contributed by atoms with van der Waals surface area (Å²) in [6.45, 7) is 0. The van der Waals surface area contributed by atoms with Crippen molar-refractivity contribution in [2.24, 2.45) is 5.73 Å². The molecule has 0 radical (unpaired) electrons. The number of urea groups is 1. The lowest BCUT2D eigenvalue weighted by Gasteiger charge is -2.05. The van der Waals surface area contributed by atoms with Crippen LogP contribution in [0.3, 0.4) is 0 Å². The molecule has 0 aliphatic carbocycles. The summed E-state index contributed by atoms with van der Waals surface area (Å²) in [7, 11) is 0. The van der Waals surface area contributed by atoms with Crippen LogP contribution >= 0.6 is 11.6 Å². The molecule has 0 aliphatic heterocycles. The lowest BCUT2D eigenvalue weighted by Crippen LogP contribution is -2.20. The Bertz CT molecular complexity index is 529. The third kappa shape index (κ3) is 1.97. The number of benzene rings is 1. The quantitative estimate of drug-likeness (QED) is 0.722. The molecule has 1 aromatic carbocycles. The molecular formula is C9H7ClN4O. The van der Waals surface area contributed by atoms with Gasteiger partial charge >= 0.3 is 6.03 Å². The minimum atomic E-state index is -0.685. The molecule has 1 heterocycles. The molecule has 0 bridgehead atoms. The summed E-state index contributed by atoms with van der Waals surface area (Å²) in [6.07, 6.45) is 0. The average molecular weight is 223 g/mol. The van der Waals surface area contributed by atoms with Crippen molar-refractivity contribution in [3.63, 3.8) is 0 Å². The smallest absolute Gasteiger partial charge is 0.317 e. The number of primary amides is 1. The van der Waals surface area contributed by atoms with E-state index in [1.165, 1.54) is 0 Å². The fraction of sp³-hybridized carbons (Fsp3) is 0. The SMILES string of the molecule is NC(=O)Nc1nc(Cl)nc2ccccc12. The molecule has 3 N–H and O–H groups in total. The first-order valence-corrected chi connectivity index (χ1v) is 4.53. The largest absolute Gasteiger partial charge is 0.351 e. The number of carbonyl (C=O) groups excluding carboxylic acids is 1. The molecule has 2 amide bonds. The lowest BCUT2D eigenvalue weighted by molar-refractivity contribution is 0.259. The first-order chi connectivity index (χ1) is 7.16. The monoisotopic (exact) mass is 222 g/mol. The number of hydrogen-bond acceptors (Lipinski definition) is 3. The average Bonchev–Trinajstić information content (AvgIpc) is 2.16. The van der Waals surface area contributed by atoms with E-state index in [2.05, 4.69) is 15.3 Å². The number of rotatable bonds is 1. The third-order valence-corrected chi connectivity index (χ3v) is 1.99. The molecule has 0 spiro atoms. The molecule has 5 nitrogen and oxygen atoms in total. The van der Waals surface area contributed by atoms with Crippen molar-refractivity contribution >= 4 is 34.4 Å². The van der Waals surface area contributed by atoms with E-state index in [0.717, 1.165) is 0 Å². The Kier molecular flexibility index (Phi) is 2.39. The number of aromatic nitrogens is 2. The van der Waals surface area contributed by atoms with Crippen molar-refractivity contribution in [2.75, 3.05) is 5.32 Å². The highest BCUT2D eigenvalue weighted by Gasteiger charge is 2.06. The first-order valence-electron chi connectivity index (χ1n) is 4.15. The van der Waals surface area contributed by atoms with Crippen molar-refractivity contribution in [1.29, 1.82) is 0 Å². The van der Waals surface area contributed by atoms with Gasteiger partial charge in [-0.15, -0.1) is 0 Å². The zero-order valence-corrected chi connectivity index (χ0v) is 8.32. The second-order valence-corrected chi connectivity index (χ2v) is 3.19. The zero-order chi connectivity index (χ0) is 10.8. The second kappa shape index (κ2) is 3.70. The van der Waals surface area contributed by atoms with Crippen LogP contribution in [-0.2, 0) is 0 Å². The minimum absolute atomic E-state index is 0.0671. The number of amides is 2. The van der Waals surface area contributed by atoms with Crippen LogP contribution in [0.2, 0.25) is 5.28 Å². The molecule has 0 aliphatic rings. The molecule has 1 aromatic heterocycles. The summed E-state index contributed by atoms with van der Waals surface area (Å²) in [5.41, 5.74) is 5.67. The van der Waals surface area contributed by atoms with Gasteiger partial charge in [-0.1, -0.05) is 12.1 Å². The van der Waals surface area contributed by atoms with Crippen molar-refractivity contribution in [2.45, 2.75) is 0 Å². The summed E-state index contributed by atoms with van der Waals surface area (Å²) >= 11 is 5.69. The fourth-order valence-corrected chi connectivity index (χ4v) is 1.44. The molecule has 2 rings (SSSR count). The minimum Gasteiger partial charge on any atom is -0.351 e. The van der Waals surface area contributed by atoms with Gasteiger partial charge in [0.2, 0.25) is 5.28 Å². The zero-order valence-electron chi connectivity index (χ0n) is 7.57. The highest BCUT2D eigenvalue weighted by molar-refractivity contribution is 6.29. The molecule has 76 valence electrons. The Morgan fingerprint density at radius 3 is 2.80 bits per heavy atom. The Balaban J connectivity index is 2.65. The molecular weight excluding hydrogens is 216 g/mol. The van der Waals surface area contributed by atoms with E-state index in [-0.39, 0.29) is 5.28 Å². The van der Waals surface area contributed by atoms with Crippen molar-refractivity contribution < 1.29 is 4.79 Å². The van der Waals surface area contributed by atoms with Crippen LogP contribution in [0.4, 0.5) is 10.6 Å². The van der Waals surface area contributed by atoms with Crippen LogP contribution in [0.15, 0.2) is 24.3 Å². The van der Waals surface area contributed by atoms with E-state index in [1.807, 2.05) is 12.1 Å². The summed E-state index contributed by atoms with van der Waals surface area (Å²) in [5.74, 6) is 0.318. The summed E-state index contributed by atoms with van der Waals surface area (Å²) in [4.78, 5) is 18.6. The highest BCUT2D eigenvalue weighted by atomic mass is 35.5. The van der Waals surface area contributed by atoms with Crippen molar-refractivity contribution in [3.8, 4) is 0 Å². The van der Waals surface area contributed by atoms with Gasteiger partial charge in [0, 0.05) is 5.39 Å². The number of hydrogen-bond donors (Lipinski definition) is 2. The highest BCUT2D eigenvalue weighted by Crippen LogP contribution is 2.21. The van der Waals surface area contributed by atoms with Crippen molar-refractivity contribution in [1.82, 2.24) is 9.97 Å². The summed E-state index contributed by atoms with van der Waals surface area (Å²) < 4.78 is 0. The summed E-state index contributed by atoms with van der Waals surface area (Å²) in [6, 6.07) is 6.49. The maximum Gasteiger partial charge on any atom is 0.317 e. The van der Waals surface area contributed by atoms with E-state index in [9.17, 15) is 4.79 Å². The topological polar surface area (TPSA) is 80.9 Å². The van der Waals surface area contributed by atoms with E-state index >= 15 is 0 Å². The maximum atomic E-state index is 10.7. The first kappa shape index (κ1) is 9.67. The van der Waals surface area contributed by atoms with Gasteiger partial charge in [0.15, 0.2) is 0 Å². The number of nitrogens with zero attached hydrogens (tertiary/aromatic N) is 2. The van der Waals surface area contributed by atoms with Gasteiger partial charge in [0.1, 0.15) is 5.82 Å².